The van der Waals surface area contributed by atoms with E-state index in [1.54, 1.807) is 42.5 Å². The van der Waals surface area contributed by atoms with Crippen molar-refractivity contribution in [3.05, 3.63) is 93.2 Å². The fourth-order valence-electron chi connectivity index (χ4n) is 3.18. The van der Waals surface area contributed by atoms with Crippen molar-refractivity contribution in [2.24, 2.45) is 0 Å². The molecule has 0 heterocycles. The lowest BCUT2D eigenvalue weighted by atomic mass is 10.1. The van der Waals surface area contributed by atoms with Crippen LogP contribution < -0.4 is 14.8 Å². The lowest BCUT2D eigenvalue weighted by Crippen LogP contribution is -2.13. The highest BCUT2D eigenvalue weighted by Crippen LogP contribution is 2.38. The first-order valence-corrected chi connectivity index (χ1v) is 11.6. The third-order valence-corrected chi connectivity index (χ3v) is 5.55. The molecule has 0 unspecified atom stereocenters. The number of nitrogens with zero attached hydrogens (tertiary/aromatic N) is 1. The monoisotopic (exact) mass is 522 g/mol. The number of anilines is 1. The molecular formula is C27H24BrFN2O3. The summed E-state index contributed by atoms with van der Waals surface area (Å²) in [7, 11) is 0. The zero-order chi connectivity index (χ0) is 24.5. The number of nitriles is 1. The smallest absolute Gasteiger partial charge is 0.266 e. The number of halogens is 2. The van der Waals surface area contributed by atoms with Crippen LogP contribution in [0.2, 0.25) is 0 Å². The molecule has 3 rings (SSSR count). The maximum absolute atomic E-state index is 14.0. The molecule has 0 bridgehead atoms. The number of amides is 1. The number of carbonyl (C=O) groups is 1. The number of nitrogens with one attached hydrogen (secondary N) is 1. The first kappa shape index (κ1) is 25.0. The summed E-state index contributed by atoms with van der Waals surface area (Å²) in [6.07, 6.45) is 2.37. The molecule has 34 heavy (non-hydrogen) atoms. The Labute approximate surface area is 207 Å². The lowest BCUT2D eigenvalue weighted by molar-refractivity contribution is -0.112. The molecule has 0 spiro atoms. The summed E-state index contributed by atoms with van der Waals surface area (Å²) in [6, 6.07) is 19.2. The number of carbonyl (C=O) groups excluding carboxylic acids is 1. The minimum Gasteiger partial charge on any atom is -0.490 e. The topological polar surface area (TPSA) is 71.3 Å². The zero-order valence-corrected chi connectivity index (χ0v) is 20.5. The Bertz CT molecular complexity index is 1230. The van der Waals surface area contributed by atoms with Crippen molar-refractivity contribution in [1.82, 2.24) is 0 Å². The molecule has 0 radical (unpaired) electrons. The number of hydrogen-bond acceptors (Lipinski definition) is 4. The van der Waals surface area contributed by atoms with Crippen LogP contribution in [0.1, 0.15) is 30.5 Å². The molecule has 3 aromatic rings. The Hall–Kier alpha value is -3.63. The molecule has 0 fully saturated rings. The Morgan fingerprint density at radius 1 is 1.12 bits per heavy atom. The SMILES string of the molecule is CCOc1cc(/C=C(\C#N)C(=O)Nc2ccc(CC)cc2)cc(Br)c1OCc1ccccc1F. The number of ether oxygens (including phenoxy) is 2. The summed E-state index contributed by atoms with van der Waals surface area (Å²) in [5.41, 5.74) is 2.68. The van der Waals surface area contributed by atoms with Crippen molar-refractivity contribution in [2.75, 3.05) is 11.9 Å². The second-order valence-electron chi connectivity index (χ2n) is 7.32. The summed E-state index contributed by atoms with van der Waals surface area (Å²) < 4.78 is 26.1. The van der Waals surface area contributed by atoms with Gasteiger partial charge in [0.05, 0.1) is 11.1 Å². The predicted molar refractivity (Wildman–Crippen MR) is 134 cm³/mol. The van der Waals surface area contributed by atoms with E-state index >= 15 is 0 Å². The minimum absolute atomic E-state index is 0.0171. The van der Waals surface area contributed by atoms with E-state index in [4.69, 9.17) is 9.47 Å². The zero-order valence-electron chi connectivity index (χ0n) is 18.9. The van der Waals surface area contributed by atoms with Crippen LogP contribution in [0, 0.1) is 17.1 Å². The van der Waals surface area contributed by atoms with E-state index < -0.39 is 5.91 Å². The lowest BCUT2D eigenvalue weighted by Gasteiger charge is -2.15. The summed E-state index contributed by atoms with van der Waals surface area (Å²) in [5.74, 6) is -0.0561. The first-order chi connectivity index (χ1) is 16.4. The van der Waals surface area contributed by atoms with E-state index in [9.17, 15) is 14.4 Å². The van der Waals surface area contributed by atoms with Gasteiger partial charge in [0, 0.05) is 11.3 Å². The largest absolute Gasteiger partial charge is 0.490 e. The van der Waals surface area contributed by atoms with Gasteiger partial charge in [0.25, 0.3) is 5.91 Å². The normalized spacial score (nSPS) is 11.0. The third-order valence-electron chi connectivity index (χ3n) is 4.96. The summed E-state index contributed by atoms with van der Waals surface area (Å²) >= 11 is 3.46. The van der Waals surface area contributed by atoms with Crippen LogP contribution in [0.3, 0.4) is 0 Å². The summed E-state index contributed by atoms with van der Waals surface area (Å²) in [5, 5.41) is 12.3. The molecule has 3 aromatic carbocycles. The molecule has 5 nitrogen and oxygen atoms in total. The molecule has 174 valence electrons. The van der Waals surface area contributed by atoms with Crippen molar-refractivity contribution in [3.8, 4) is 17.6 Å². The molecule has 0 atom stereocenters. The number of benzene rings is 3. The van der Waals surface area contributed by atoms with Gasteiger partial charge < -0.3 is 14.8 Å². The van der Waals surface area contributed by atoms with Crippen molar-refractivity contribution >= 4 is 33.6 Å². The van der Waals surface area contributed by atoms with Crippen LogP contribution in [0.15, 0.2) is 70.7 Å². The van der Waals surface area contributed by atoms with Crippen LogP contribution in [0.25, 0.3) is 6.08 Å². The van der Waals surface area contributed by atoms with Gasteiger partial charge in [-0.2, -0.15) is 5.26 Å². The average molecular weight is 523 g/mol. The minimum atomic E-state index is -0.513. The van der Waals surface area contributed by atoms with Crippen LogP contribution in [-0.2, 0) is 17.8 Å². The molecule has 0 saturated carbocycles. The van der Waals surface area contributed by atoms with E-state index in [1.807, 2.05) is 25.1 Å². The van der Waals surface area contributed by atoms with Crippen molar-refractivity contribution in [2.45, 2.75) is 26.9 Å². The molecule has 1 amide bonds. The van der Waals surface area contributed by atoms with Crippen molar-refractivity contribution in [3.63, 3.8) is 0 Å². The standard InChI is InChI=1S/C27H24BrFN2O3/c1-3-18-9-11-22(12-10-18)31-27(32)21(16-30)13-19-14-23(28)26(25(15-19)33-4-2)34-17-20-7-5-6-8-24(20)29/h5-15H,3-4,17H2,1-2H3,(H,31,32)/b21-13+. The first-order valence-electron chi connectivity index (χ1n) is 10.8. The molecule has 1 N–H and O–H groups in total. The van der Waals surface area contributed by atoms with E-state index in [0.717, 1.165) is 12.0 Å². The molecule has 7 heteroatoms. The molecule has 0 aliphatic rings. The van der Waals surface area contributed by atoms with E-state index in [-0.39, 0.29) is 18.0 Å². The van der Waals surface area contributed by atoms with Crippen molar-refractivity contribution in [1.29, 1.82) is 5.26 Å². The van der Waals surface area contributed by atoms with E-state index in [2.05, 4.69) is 28.2 Å². The van der Waals surface area contributed by atoms with Crippen LogP contribution >= 0.6 is 15.9 Å². The fourth-order valence-corrected chi connectivity index (χ4v) is 3.75. The van der Waals surface area contributed by atoms with Crippen molar-refractivity contribution < 1.29 is 18.7 Å². The number of rotatable bonds is 9. The highest BCUT2D eigenvalue weighted by atomic mass is 79.9. The van der Waals surface area contributed by atoms with Gasteiger partial charge in [-0.05, 0) is 76.8 Å². The Morgan fingerprint density at radius 2 is 1.85 bits per heavy atom. The van der Waals surface area contributed by atoms with Gasteiger partial charge in [-0.15, -0.1) is 0 Å². The van der Waals surface area contributed by atoms with Gasteiger partial charge in [-0.1, -0.05) is 37.3 Å². The molecule has 0 aliphatic heterocycles. The molecule has 0 aliphatic carbocycles. The quantitative estimate of drug-likeness (QED) is 0.251. The Kier molecular flexibility index (Phi) is 8.83. The highest BCUT2D eigenvalue weighted by molar-refractivity contribution is 9.10. The summed E-state index contributed by atoms with van der Waals surface area (Å²) in [4.78, 5) is 12.7. The second-order valence-corrected chi connectivity index (χ2v) is 8.17. The van der Waals surface area contributed by atoms with Gasteiger partial charge in [-0.3, -0.25) is 4.79 Å². The Morgan fingerprint density at radius 3 is 2.50 bits per heavy atom. The van der Waals surface area contributed by atoms with E-state index in [0.29, 0.717) is 39.4 Å². The maximum atomic E-state index is 14.0. The predicted octanol–water partition coefficient (Wildman–Crippen LogP) is 6.67. The Balaban J connectivity index is 1.83. The van der Waals surface area contributed by atoms with Crippen LogP contribution in [-0.4, -0.2) is 12.5 Å². The van der Waals surface area contributed by atoms with Gasteiger partial charge in [-0.25, -0.2) is 4.39 Å². The third kappa shape index (κ3) is 6.46. The van der Waals surface area contributed by atoms with Crippen LogP contribution in [0.5, 0.6) is 11.5 Å². The van der Waals surface area contributed by atoms with Gasteiger partial charge in [0.2, 0.25) is 0 Å². The fraction of sp³-hybridized carbons (Fsp3) is 0.185. The maximum Gasteiger partial charge on any atom is 0.266 e. The highest BCUT2D eigenvalue weighted by Gasteiger charge is 2.15. The molecule has 0 saturated heterocycles. The average Bonchev–Trinajstić information content (AvgIpc) is 2.83. The van der Waals surface area contributed by atoms with E-state index in [1.165, 1.54) is 12.1 Å². The van der Waals surface area contributed by atoms with Gasteiger partial charge in [0.1, 0.15) is 24.1 Å². The van der Waals surface area contributed by atoms with Crippen LogP contribution in [0.4, 0.5) is 10.1 Å². The van der Waals surface area contributed by atoms with Gasteiger partial charge in [0.15, 0.2) is 11.5 Å². The van der Waals surface area contributed by atoms with Gasteiger partial charge >= 0.3 is 0 Å². The summed E-state index contributed by atoms with van der Waals surface area (Å²) in [6.45, 7) is 4.27. The number of hydrogen-bond donors (Lipinski definition) is 1. The molecule has 0 aromatic heterocycles. The second kappa shape index (κ2) is 12.0. The number of aryl methyl sites for hydroxylation is 1. The molecular weight excluding hydrogens is 499 g/mol.